The third-order valence-electron chi connectivity index (χ3n) is 4.09. The smallest absolute Gasteiger partial charge is 0.265 e. The summed E-state index contributed by atoms with van der Waals surface area (Å²) in [5.41, 5.74) is 1.69. The second-order valence-corrected chi connectivity index (χ2v) is 7.17. The third kappa shape index (κ3) is 3.44. The highest BCUT2D eigenvalue weighted by Gasteiger charge is 2.26. The molecule has 1 aromatic carbocycles. The number of halogens is 1. The summed E-state index contributed by atoms with van der Waals surface area (Å²) in [6.45, 7) is 5.71. The molecule has 0 unspecified atom stereocenters. The zero-order valence-corrected chi connectivity index (χ0v) is 15.2. The van der Waals surface area contributed by atoms with Gasteiger partial charge in [0.05, 0.1) is 5.69 Å². The molecule has 2 heterocycles. The minimum atomic E-state index is -0.00610. The molecule has 0 aliphatic carbocycles. The van der Waals surface area contributed by atoms with Crippen LogP contribution >= 0.6 is 22.9 Å². The normalized spacial score (nSPS) is 14.8. The molecule has 1 aromatic heterocycles. The fourth-order valence-electron chi connectivity index (χ4n) is 2.68. The number of benzene rings is 1. The Kier molecular flexibility index (Phi) is 4.87. The summed E-state index contributed by atoms with van der Waals surface area (Å²) >= 11 is 7.32. The van der Waals surface area contributed by atoms with E-state index in [1.54, 1.807) is 16.7 Å². The molecule has 1 fully saturated rings. The van der Waals surface area contributed by atoms with Crippen molar-refractivity contribution in [2.45, 2.75) is 13.8 Å². The van der Waals surface area contributed by atoms with Gasteiger partial charge in [-0.05, 0) is 19.1 Å². The molecule has 0 spiro atoms. The maximum atomic E-state index is 12.8. The first-order chi connectivity index (χ1) is 11.5. The lowest BCUT2D eigenvalue weighted by atomic mass is 10.2. The number of carbonyl (C=O) groups is 2. The van der Waals surface area contributed by atoms with Crippen LogP contribution < -0.4 is 0 Å². The Balaban J connectivity index is 1.76. The van der Waals surface area contributed by atoms with Gasteiger partial charge in [0.15, 0.2) is 0 Å². The van der Waals surface area contributed by atoms with Gasteiger partial charge < -0.3 is 9.80 Å². The fraction of sp³-hybridized carbons (Fsp3) is 0.353. The highest BCUT2D eigenvalue weighted by molar-refractivity contribution is 7.17. The number of piperazine rings is 1. The molecular formula is C17H18ClN3O2S. The maximum absolute atomic E-state index is 12.8. The van der Waals surface area contributed by atoms with E-state index in [-0.39, 0.29) is 11.8 Å². The van der Waals surface area contributed by atoms with Crippen molar-refractivity contribution in [3.05, 3.63) is 39.9 Å². The minimum absolute atomic E-state index is 0.00610. The van der Waals surface area contributed by atoms with Crippen LogP contribution in [0.25, 0.3) is 10.6 Å². The summed E-state index contributed by atoms with van der Waals surface area (Å²) in [4.78, 5) is 32.9. The maximum Gasteiger partial charge on any atom is 0.265 e. The van der Waals surface area contributed by atoms with E-state index >= 15 is 0 Å². The van der Waals surface area contributed by atoms with Crippen LogP contribution in [0, 0.1) is 6.92 Å². The predicted molar refractivity (Wildman–Crippen MR) is 95.5 cm³/mol. The summed E-state index contributed by atoms with van der Waals surface area (Å²) in [6, 6.07) is 7.44. The molecule has 1 aliphatic heterocycles. The SMILES string of the molecule is CC(=O)N1CCN(C(=O)c2sc(-c3ccc(Cl)cc3)nc2C)CC1. The number of carbonyl (C=O) groups excluding carboxylic acids is 2. The van der Waals surface area contributed by atoms with Crippen LogP contribution in [0.2, 0.25) is 5.02 Å². The van der Waals surface area contributed by atoms with Gasteiger partial charge in [0.1, 0.15) is 9.88 Å². The average molecular weight is 364 g/mol. The molecule has 2 amide bonds. The van der Waals surface area contributed by atoms with Crippen LogP contribution in [0.15, 0.2) is 24.3 Å². The molecule has 2 aromatic rings. The lowest BCUT2D eigenvalue weighted by molar-refractivity contribution is -0.130. The van der Waals surface area contributed by atoms with E-state index < -0.39 is 0 Å². The van der Waals surface area contributed by atoms with Gasteiger partial charge in [-0.1, -0.05) is 23.7 Å². The van der Waals surface area contributed by atoms with Gasteiger partial charge in [-0.2, -0.15) is 0 Å². The second kappa shape index (κ2) is 6.91. The largest absolute Gasteiger partial charge is 0.339 e. The van der Waals surface area contributed by atoms with Crippen molar-refractivity contribution in [3.8, 4) is 10.6 Å². The van der Waals surface area contributed by atoms with Crippen molar-refractivity contribution in [1.82, 2.24) is 14.8 Å². The molecule has 3 rings (SSSR count). The Hall–Kier alpha value is -1.92. The molecule has 24 heavy (non-hydrogen) atoms. The second-order valence-electron chi connectivity index (χ2n) is 5.74. The van der Waals surface area contributed by atoms with Crippen molar-refractivity contribution in [2.75, 3.05) is 26.2 Å². The van der Waals surface area contributed by atoms with Crippen LogP contribution in [0.4, 0.5) is 0 Å². The first-order valence-electron chi connectivity index (χ1n) is 7.74. The molecule has 1 saturated heterocycles. The number of aromatic nitrogens is 1. The number of aryl methyl sites for hydroxylation is 1. The molecule has 0 radical (unpaired) electrons. The Morgan fingerprint density at radius 2 is 1.67 bits per heavy atom. The monoisotopic (exact) mass is 363 g/mol. The summed E-state index contributed by atoms with van der Waals surface area (Å²) in [6.07, 6.45) is 0. The summed E-state index contributed by atoms with van der Waals surface area (Å²) in [7, 11) is 0. The van der Waals surface area contributed by atoms with Crippen molar-refractivity contribution in [2.24, 2.45) is 0 Å². The van der Waals surface area contributed by atoms with Crippen molar-refractivity contribution in [3.63, 3.8) is 0 Å². The van der Waals surface area contributed by atoms with E-state index in [2.05, 4.69) is 4.98 Å². The molecular weight excluding hydrogens is 346 g/mol. The first kappa shape index (κ1) is 16.9. The molecule has 0 bridgehead atoms. The van der Waals surface area contributed by atoms with Crippen LogP contribution in [-0.4, -0.2) is 52.8 Å². The zero-order valence-electron chi connectivity index (χ0n) is 13.6. The number of amides is 2. The molecule has 5 nitrogen and oxygen atoms in total. The van der Waals surface area contributed by atoms with Gasteiger partial charge >= 0.3 is 0 Å². The number of nitrogens with zero attached hydrogens (tertiary/aromatic N) is 3. The Morgan fingerprint density at radius 3 is 2.25 bits per heavy atom. The molecule has 1 aliphatic rings. The highest BCUT2D eigenvalue weighted by atomic mass is 35.5. The number of thiazole rings is 1. The van der Waals surface area contributed by atoms with E-state index in [0.717, 1.165) is 16.3 Å². The Bertz CT molecular complexity index is 765. The molecule has 0 atom stereocenters. The van der Waals surface area contributed by atoms with Gasteiger partial charge in [0, 0.05) is 43.7 Å². The standard InChI is InChI=1S/C17H18ClN3O2S/c1-11-15(17(23)21-9-7-20(8-10-21)12(2)22)24-16(19-11)13-3-5-14(18)6-4-13/h3-6H,7-10H2,1-2H3. The van der Waals surface area contributed by atoms with Gasteiger partial charge in [0.2, 0.25) is 5.91 Å². The summed E-state index contributed by atoms with van der Waals surface area (Å²) in [5.74, 6) is 0.0505. The van der Waals surface area contributed by atoms with Crippen molar-refractivity contribution in [1.29, 1.82) is 0 Å². The summed E-state index contributed by atoms with van der Waals surface area (Å²) in [5, 5.41) is 1.49. The van der Waals surface area contributed by atoms with Crippen LogP contribution in [-0.2, 0) is 4.79 Å². The van der Waals surface area contributed by atoms with Gasteiger partial charge in [0.25, 0.3) is 5.91 Å². The molecule has 0 saturated carbocycles. The van der Waals surface area contributed by atoms with E-state index in [9.17, 15) is 9.59 Å². The van der Waals surface area contributed by atoms with Gasteiger partial charge in [-0.3, -0.25) is 9.59 Å². The molecule has 7 heteroatoms. The topological polar surface area (TPSA) is 53.5 Å². The lowest BCUT2D eigenvalue weighted by Gasteiger charge is -2.34. The van der Waals surface area contributed by atoms with Gasteiger partial charge in [-0.15, -0.1) is 11.3 Å². The Labute approximate surface area is 149 Å². The quantitative estimate of drug-likeness (QED) is 0.823. The van der Waals surface area contributed by atoms with Crippen LogP contribution in [0.1, 0.15) is 22.3 Å². The molecule has 0 N–H and O–H groups in total. The predicted octanol–water partition coefficient (Wildman–Crippen LogP) is 3.08. The Morgan fingerprint density at radius 1 is 1.08 bits per heavy atom. The van der Waals surface area contributed by atoms with Crippen molar-refractivity contribution >= 4 is 34.8 Å². The fourth-order valence-corrected chi connectivity index (χ4v) is 3.84. The highest BCUT2D eigenvalue weighted by Crippen LogP contribution is 2.29. The van der Waals surface area contributed by atoms with E-state index in [0.29, 0.717) is 36.1 Å². The number of hydrogen-bond donors (Lipinski definition) is 0. The number of rotatable bonds is 2. The third-order valence-corrected chi connectivity index (χ3v) is 5.54. The van der Waals surface area contributed by atoms with Gasteiger partial charge in [-0.25, -0.2) is 4.98 Å². The minimum Gasteiger partial charge on any atom is -0.339 e. The molecule has 126 valence electrons. The zero-order chi connectivity index (χ0) is 17.3. The van der Waals surface area contributed by atoms with E-state index in [4.69, 9.17) is 11.6 Å². The average Bonchev–Trinajstić information content (AvgIpc) is 2.96. The van der Waals surface area contributed by atoms with Crippen molar-refractivity contribution < 1.29 is 9.59 Å². The van der Waals surface area contributed by atoms with Crippen LogP contribution in [0.3, 0.4) is 0 Å². The van der Waals surface area contributed by atoms with Crippen LogP contribution in [0.5, 0.6) is 0 Å². The summed E-state index contributed by atoms with van der Waals surface area (Å²) < 4.78 is 0. The first-order valence-corrected chi connectivity index (χ1v) is 8.93. The number of hydrogen-bond acceptors (Lipinski definition) is 4. The van der Waals surface area contributed by atoms with E-state index in [1.165, 1.54) is 11.3 Å². The van der Waals surface area contributed by atoms with E-state index in [1.807, 2.05) is 31.2 Å². The lowest BCUT2D eigenvalue weighted by Crippen LogP contribution is -2.50.